The second kappa shape index (κ2) is 6.69. The molecule has 1 aliphatic rings. The van der Waals surface area contributed by atoms with Crippen molar-refractivity contribution in [3.05, 3.63) is 41.7 Å². The molecule has 3 nitrogen and oxygen atoms in total. The van der Waals surface area contributed by atoms with E-state index in [0.717, 1.165) is 24.1 Å². The van der Waals surface area contributed by atoms with E-state index in [-0.39, 0.29) is 0 Å². The predicted molar refractivity (Wildman–Crippen MR) is 94.8 cm³/mol. The highest BCUT2D eigenvalue weighted by Crippen LogP contribution is 2.23. The lowest BCUT2D eigenvalue weighted by Gasteiger charge is -2.14. The summed E-state index contributed by atoms with van der Waals surface area (Å²) in [7, 11) is 0. The minimum atomic E-state index is 0.858. The molecule has 0 bridgehead atoms. The average Bonchev–Trinajstić information content (AvgIpc) is 2.94. The van der Waals surface area contributed by atoms with Gasteiger partial charge in [-0.05, 0) is 43.4 Å². The Balaban J connectivity index is 1.81. The lowest BCUT2D eigenvalue weighted by atomic mass is 9.99. The van der Waals surface area contributed by atoms with Gasteiger partial charge in [-0.2, -0.15) is 0 Å². The number of benzene rings is 1. The molecule has 0 fully saturated rings. The Morgan fingerprint density at radius 3 is 2.30 bits per heavy atom. The van der Waals surface area contributed by atoms with Crippen molar-refractivity contribution in [1.82, 2.24) is 14.4 Å². The van der Waals surface area contributed by atoms with Crippen molar-refractivity contribution in [2.45, 2.75) is 64.2 Å². The third-order valence-electron chi connectivity index (χ3n) is 5.13. The second-order valence-electron chi connectivity index (χ2n) is 6.79. The molecule has 4 rings (SSSR count). The number of imidazole rings is 1. The van der Waals surface area contributed by atoms with E-state index in [4.69, 9.17) is 4.98 Å². The normalized spacial score (nSPS) is 17.6. The summed E-state index contributed by atoms with van der Waals surface area (Å²) in [5, 5.41) is 0. The molecule has 0 saturated heterocycles. The summed E-state index contributed by atoms with van der Waals surface area (Å²) in [5.41, 5.74) is 5.14. The van der Waals surface area contributed by atoms with E-state index in [0.29, 0.717) is 0 Å². The van der Waals surface area contributed by atoms with Crippen LogP contribution in [0.5, 0.6) is 0 Å². The van der Waals surface area contributed by atoms with Gasteiger partial charge in [-0.15, -0.1) is 0 Å². The fourth-order valence-electron chi connectivity index (χ4n) is 3.87. The van der Waals surface area contributed by atoms with Crippen LogP contribution in [0.15, 0.2) is 30.5 Å². The molecule has 0 unspecified atom stereocenters. The Labute approximate surface area is 137 Å². The number of para-hydroxylation sites is 2. The van der Waals surface area contributed by atoms with Crippen molar-refractivity contribution in [2.24, 2.45) is 0 Å². The van der Waals surface area contributed by atoms with E-state index in [2.05, 4.69) is 39.8 Å². The molecule has 23 heavy (non-hydrogen) atoms. The highest BCUT2D eigenvalue weighted by Gasteiger charge is 2.13. The van der Waals surface area contributed by atoms with E-state index >= 15 is 0 Å². The zero-order valence-electron chi connectivity index (χ0n) is 13.8. The lowest BCUT2D eigenvalue weighted by molar-refractivity contribution is 0.555. The molecule has 3 aromatic rings. The summed E-state index contributed by atoms with van der Waals surface area (Å²) in [6, 6.07) is 8.42. The fraction of sp³-hybridized carbons (Fsp3) is 0.500. The molecule has 3 heteroatoms. The summed E-state index contributed by atoms with van der Waals surface area (Å²) in [6.45, 7) is 0. The first-order valence-electron chi connectivity index (χ1n) is 9.17. The standard InChI is InChI=1S/C20H25N3/c1-2-4-6-8-13-18-16(11-7-5-3-1)15-21-20-22-17-12-9-10-14-19(17)23(18)20/h9-10,12,14-15H,1-8,11,13H2. The molecule has 0 radical (unpaired) electrons. The van der Waals surface area contributed by atoms with Crippen molar-refractivity contribution in [2.75, 3.05) is 0 Å². The third kappa shape index (κ3) is 2.97. The highest BCUT2D eigenvalue weighted by atomic mass is 15.1. The van der Waals surface area contributed by atoms with Crippen LogP contribution in [-0.2, 0) is 12.8 Å². The van der Waals surface area contributed by atoms with E-state index in [1.807, 2.05) is 0 Å². The maximum atomic E-state index is 4.70. The first-order chi connectivity index (χ1) is 11.4. The molecule has 0 saturated carbocycles. The van der Waals surface area contributed by atoms with Gasteiger partial charge in [0.1, 0.15) is 0 Å². The van der Waals surface area contributed by atoms with Gasteiger partial charge in [-0.25, -0.2) is 9.97 Å². The van der Waals surface area contributed by atoms with Crippen LogP contribution in [-0.4, -0.2) is 14.4 Å². The van der Waals surface area contributed by atoms with Crippen LogP contribution >= 0.6 is 0 Å². The largest absolute Gasteiger partial charge is 0.280 e. The highest BCUT2D eigenvalue weighted by molar-refractivity contribution is 5.79. The molecular weight excluding hydrogens is 282 g/mol. The lowest BCUT2D eigenvalue weighted by Crippen LogP contribution is -2.06. The van der Waals surface area contributed by atoms with Crippen molar-refractivity contribution >= 4 is 16.8 Å². The van der Waals surface area contributed by atoms with Gasteiger partial charge in [0, 0.05) is 11.9 Å². The summed E-state index contributed by atoms with van der Waals surface area (Å²) in [4.78, 5) is 9.36. The molecular formula is C20H25N3. The third-order valence-corrected chi connectivity index (χ3v) is 5.13. The molecule has 0 spiro atoms. The number of aryl methyl sites for hydroxylation is 2. The Hall–Kier alpha value is -1.90. The number of nitrogens with zero attached hydrogens (tertiary/aromatic N) is 3. The van der Waals surface area contributed by atoms with Gasteiger partial charge in [0.15, 0.2) is 0 Å². The van der Waals surface area contributed by atoms with E-state index < -0.39 is 0 Å². The minimum Gasteiger partial charge on any atom is -0.280 e. The Kier molecular flexibility index (Phi) is 4.27. The second-order valence-corrected chi connectivity index (χ2v) is 6.79. The van der Waals surface area contributed by atoms with Crippen LogP contribution in [0.25, 0.3) is 16.8 Å². The summed E-state index contributed by atoms with van der Waals surface area (Å²) >= 11 is 0. The van der Waals surface area contributed by atoms with Crippen LogP contribution < -0.4 is 0 Å². The quantitative estimate of drug-likeness (QED) is 0.578. The summed E-state index contributed by atoms with van der Waals surface area (Å²) < 4.78 is 2.32. The first-order valence-corrected chi connectivity index (χ1v) is 9.17. The molecule has 2 heterocycles. The van der Waals surface area contributed by atoms with Crippen molar-refractivity contribution in [3.63, 3.8) is 0 Å². The Bertz CT molecular complexity index is 803. The molecule has 2 aromatic heterocycles. The minimum absolute atomic E-state index is 0.858. The molecule has 0 N–H and O–H groups in total. The van der Waals surface area contributed by atoms with Gasteiger partial charge in [-0.3, -0.25) is 4.40 Å². The van der Waals surface area contributed by atoms with Crippen molar-refractivity contribution in [1.29, 1.82) is 0 Å². The van der Waals surface area contributed by atoms with Crippen LogP contribution in [0.3, 0.4) is 0 Å². The topological polar surface area (TPSA) is 30.2 Å². The number of aromatic nitrogens is 3. The molecule has 0 atom stereocenters. The predicted octanol–water partition coefficient (Wildman–Crippen LogP) is 5.10. The summed E-state index contributed by atoms with van der Waals surface area (Å²) in [5.74, 6) is 0.858. The van der Waals surface area contributed by atoms with Gasteiger partial charge in [0.25, 0.3) is 0 Å². The van der Waals surface area contributed by atoms with E-state index in [9.17, 15) is 0 Å². The zero-order valence-corrected chi connectivity index (χ0v) is 13.8. The Morgan fingerprint density at radius 1 is 0.783 bits per heavy atom. The first kappa shape index (κ1) is 14.7. The molecule has 0 aliphatic heterocycles. The Morgan fingerprint density at radius 2 is 1.48 bits per heavy atom. The van der Waals surface area contributed by atoms with Gasteiger partial charge in [0.2, 0.25) is 5.78 Å². The van der Waals surface area contributed by atoms with Crippen molar-refractivity contribution < 1.29 is 0 Å². The zero-order chi connectivity index (χ0) is 15.5. The van der Waals surface area contributed by atoms with Crippen LogP contribution in [0.2, 0.25) is 0 Å². The molecule has 1 aliphatic carbocycles. The SMILES string of the molecule is c1ccc2c(c1)nc1ncc3c(n12)CCCCCCCCCC3. The number of hydrogen-bond acceptors (Lipinski definition) is 2. The average molecular weight is 307 g/mol. The van der Waals surface area contributed by atoms with Crippen LogP contribution in [0, 0.1) is 0 Å². The van der Waals surface area contributed by atoms with Crippen molar-refractivity contribution in [3.8, 4) is 0 Å². The van der Waals surface area contributed by atoms with Gasteiger partial charge in [-0.1, -0.05) is 50.7 Å². The smallest absolute Gasteiger partial charge is 0.235 e. The maximum absolute atomic E-state index is 4.70. The monoisotopic (exact) mass is 307 g/mol. The molecule has 120 valence electrons. The fourth-order valence-corrected chi connectivity index (χ4v) is 3.87. The van der Waals surface area contributed by atoms with Gasteiger partial charge in [0.05, 0.1) is 11.0 Å². The van der Waals surface area contributed by atoms with Gasteiger partial charge >= 0.3 is 0 Å². The maximum Gasteiger partial charge on any atom is 0.235 e. The number of rotatable bonds is 0. The van der Waals surface area contributed by atoms with Crippen LogP contribution in [0.4, 0.5) is 0 Å². The molecule has 0 amide bonds. The van der Waals surface area contributed by atoms with E-state index in [1.54, 1.807) is 0 Å². The number of fused-ring (bicyclic) bond motifs is 5. The van der Waals surface area contributed by atoms with Crippen LogP contribution in [0.1, 0.15) is 62.6 Å². The number of hydrogen-bond donors (Lipinski definition) is 0. The molecule has 1 aromatic carbocycles. The summed E-state index contributed by atoms with van der Waals surface area (Å²) in [6.07, 6.45) is 15.2. The van der Waals surface area contributed by atoms with E-state index in [1.165, 1.54) is 68.1 Å². The van der Waals surface area contributed by atoms with Gasteiger partial charge < -0.3 is 0 Å².